The summed E-state index contributed by atoms with van der Waals surface area (Å²) < 4.78 is 38.7. The fraction of sp³-hybridized carbons (Fsp3) is 0.333. The molecule has 0 aliphatic heterocycles. The quantitative estimate of drug-likeness (QED) is 0.861. The van der Waals surface area contributed by atoms with E-state index >= 15 is 0 Å². The van der Waals surface area contributed by atoms with Crippen molar-refractivity contribution < 1.29 is 13.2 Å². The zero-order valence-corrected chi connectivity index (χ0v) is 9.33. The molecule has 1 aromatic heterocycles. The van der Waals surface area contributed by atoms with Gasteiger partial charge in [0.1, 0.15) is 0 Å². The van der Waals surface area contributed by atoms with Crippen LogP contribution in [0.5, 0.6) is 0 Å². The normalized spacial score (nSPS) is 14.2. The second-order valence-electron chi connectivity index (χ2n) is 4.14. The highest BCUT2D eigenvalue weighted by atomic mass is 19.4. The van der Waals surface area contributed by atoms with Gasteiger partial charge in [0, 0.05) is 30.2 Å². The lowest BCUT2D eigenvalue weighted by molar-refractivity contribution is -0.138. The summed E-state index contributed by atoms with van der Waals surface area (Å²) in [5.41, 5.74) is 7.06. The molecule has 2 rings (SSSR count). The highest BCUT2D eigenvalue weighted by Gasteiger charge is 2.31. The molecule has 0 fully saturated rings. The molecule has 17 heavy (non-hydrogen) atoms. The van der Waals surface area contributed by atoms with Crippen molar-refractivity contribution >= 4 is 10.9 Å². The third-order valence-electron chi connectivity index (χ3n) is 2.78. The number of rotatable bonds is 2. The molecule has 2 nitrogen and oxygen atoms in total. The van der Waals surface area contributed by atoms with E-state index in [0.717, 1.165) is 10.9 Å². The van der Waals surface area contributed by atoms with Gasteiger partial charge in [-0.3, -0.25) is 0 Å². The number of hydrogen-bond donors (Lipinski definition) is 1. The lowest BCUT2D eigenvalue weighted by Gasteiger charge is -2.13. The number of para-hydroxylation sites is 1. The lowest BCUT2D eigenvalue weighted by Crippen LogP contribution is -2.20. The van der Waals surface area contributed by atoms with Crippen molar-refractivity contribution in [2.45, 2.75) is 18.6 Å². The van der Waals surface area contributed by atoms with E-state index in [4.69, 9.17) is 5.73 Å². The third-order valence-corrected chi connectivity index (χ3v) is 2.78. The summed E-state index contributed by atoms with van der Waals surface area (Å²) in [6.45, 7) is 0. The fourth-order valence-electron chi connectivity index (χ4n) is 2.03. The first kappa shape index (κ1) is 12.0. The number of halogens is 3. The Kier molecular flexibility index (Phi) is 2.87. The van der Waals surface area contributed by atoms with Crippen LogP contribution >= 0.6 is 0 Å². The van der Waals surface area contributed by atoms with Crippen LogP contribution in [0, 0.1) is 0 Å². The highest BCUT2D eigenvalue weighted by molar-refractivity contribution is 5.84. The Bertz CT molecular complexity index is 528. The number of nitrogens with two attached hydrogens (primary N) is 1. The minimum absolute atomic E-state index is 0.542. The number of aromatic nitrogens is 1. The fourth-order valence-corrected chi connectivity index (χ4v) is 2.03. The van der Waals surface area contributed by atoms with Gasteiger partial charge in [-0.15, -0.1) is 0 Å². The number of alkyl halides is 3. The first-order valence-corrected chi connectivity index (χ1v) is 5.25. The summed E-state index contributed by atoms with van der Waals surface area (Å²) in [5, 5.41) is 0.784. The van der Waals surface area contributed by atoms with Crippen LogP contribution in [0.2, 0.25) is 0 Å². The van der Waals surface area contributed by atoms with Crippen LogP contribution in [-0.2, 0) is 7.05 Å². The Balaban J connectivity index is 2.42. The van der Waals surface area contributed by atoms with Gasteiger partial charge < -0.3 is 10.3 Å². The minimum atomic E-state index is -4.24. The second kappa shape index (κ2) is 4.07. The van der Waals surface area contributed by atoms with Crippen LogP contribution < -0.4 is 5.73 Å². The number of benzene rings is 1. The predicted molar refractivity (Wildman–Crippen MR) is 60.5 cm³/mol. The SMILES string of the molecule is Cn1cc([C@H](N)CC(F)(F)F)c2ccccc21. The first-order chi connectivity index (χ1) is 7.88. The second-order valence-corrected chi connectivity index (χ2v) is 4.14. The minimum Gasteiger partial charge on any atom is -0.350 e. The average molecular weight is 242 g/mol. The lowest BCUT2D eigenvalue weighted by atomic mass is 10.0. The zero-order valence-electron chi connectivity index (χ0n) is 9.33. The molecule has 1 aromatic carbocycles. The van der Waals surface area contributed by atoms with E-state index in [0.29, 0.717) is 5.56 Å². The van der Waals surface area contributed by atoms with Crippen molar-refractivity contribution in [2.24, 2.45) is 12.8 Å². The van der Waals surface area contributed by atoms with Gasteiger partial charge in [-0.1, -0.05) is 18.2 Å². The molecule has 0 saturated heterocycles. The van der Waals surface area contributed by atoms with Crippen LogP contribution in [-0.4, -0.2) is 10.7 Å². The summed E-state index contributed by atoms with van der Waals surface area (Å²) in [6.07, 6.45) is -3.57. The van der Waals surface area contributed by atoms with Gasteiger partial charge in [-0.05, 0) is 11.6 Å². The van der Waals surface area contributed by atoms with Crippen LogP contribution in [0.15, 0.2) is 30.5 Å². The maximum absolute atomic E-state index is 12.3. The van der Waals surface area contributed by atoms with Gasteiger partial charge in [-0.25, -0.2) is 0 Å². The number of aryl methyl sites for hydroxylation is 1. The summed E-state index contributed by atoms with van der Waals surface area (Å²) in [4.78, 5) is 0. The van der Waals surface area contributed by atoms with E-state index in [1.54, 1.807) is 29.9 Å². The molecule has 0 amide bonds. The standard InChI is InChI=1S/C12H13F3N2/c1-17-7-9(10(16)6-12(13,14)15)8-4-2-3-5-11(8)17/h2-5,7,10H,6,16H2,1H3/t10-/m1/s1. The molecule has 1 heterocycles. The highest BCUT2D eigenvalue weighted by Crippen LogP contribution is 2.32. The summed E-state index contributed by atoms with van der Waals surface area (Å²) in [6, 6.07) is 6.29. The molecule has 2 N–H and O–H groups in total. The van der Waals surface area contributed by atoms with E-state index in [-0.39, 0.29) is 0 Å². The van der Waals surface area contributed by atoms with E-state index in [9.17, 15) is 13.2 Å². The van der Waals surface area contributed by atoms with Crippen LogP contribution in [0.1, 0.15) is 18.0 Å². The van der Waals surface area contributed by atoms with Crippen molar-refractivity contribution in [1.82, 2.24) is 4.57 Å². The molecule has 5 heteroatoms. The largest absolute Gasteiger partial charge is 0.390 e. The Labute approximate surface area is 96.8 Å². The van der Waals surface area contributed by atoms with Crippen molar-refractivity contribution in [3.05, 3.63) is 36.0 Å². The van der Waals surface area contributed by atoms with Crippen LogP contribution in [0.25, 0.3) is 10.9 Å². The van der Waals surface area contributed by atoms with E-state index < -0.39 is 18.6 Å². The average Bonchev–Trinajstić information content (AvgIpc) is 2.55. The van der Waals surface area contributed by atoms with Crippen molar-refractivity contribution in [1.29, 1.82) is 0 Å². The predicted octanol–water partition coefficient (Wildman–Crippen LogP) is 3.13. The molecule has 1 atom stereocenters. The van der Waals surface area contributed by atoms with Crippen molar-refractivity contribution in [2.75, 3.05) is 0 Å². The molecule has 0 unspecified atom stereocenters. The maximum Gasteiger partial charge on any atom is 0.390 e. The number of hydrogen-bond acceptors (Lipinski definition) is 1. The Morgan fingerprint density at radius 3 is 2.59 bits per heavy atom. The van der Waals surface area contributed by atoms with Crippen LogP contribution in [0.4, 0.5) is 13.2 Å². The van der Waals surface area contributed by atoms with Gasteiger partial charge in [0.2, 0.25) is 0 Å². The summed E-state index contributed by atoms with van der Waals surface area (Å²) in [5.74, 6) is 0. The molecule has 0 aliphatic carbocycles. The van der Waals surface area contributed by atoms with E-state index in [2.05, 4.69) is 0 Å². The smallest absolute Gasteiger partial charge is 0.350 e. The number of nitrogens with zero attached hydrogens (tertiary/aromatic N) is 1. The van der Waals surface area contributed by atoms with Gasteiger partial charge in [0.15, 0.2) is 0 Å². The van der Waals surface area contributed by atoms with E-state index in [1.807, 2.05) is 12.1 Å². The molecule has 0 aliphatic rings. The van der Waals surface area contributed by atoms with Gasteiger partial charge in [-0.2, -0.15) is 13.2 Å². The van der Waals surface area contributed by atoms with Gasteiger partial charge in [0.25, 0.3) is 0 Å². The molecule has 0 bridgehead atoms. The van der Waals surface area contributed by atoms with Crippen LogP contribution in [0.3, 0.4) is 0 Å². The Morgan fingerprint density at radius 1 is 1.29 bits per heavy atom. The third kappa shape index (κ3) is 2.44. The van der Waals surface area contributed by atoms with Gasteiger partial charge in [0.05, 0.1) is 6.42 Å². The molecule has 92 valence electrons. The van der Waals surface area contributed by atoms with Crippen molar-refractivity contribution in [3.63, 3.8) is 0 Å². The summed E-state index contributed by atoms with van der Waals surface area (Å²) >= 11 is 0. The Morgan fingerprint density at radius 2 is 1.94 bits per heavy atom. The topological polar surface area (TPSA) is 30.9 Å². The molecule has 2 aromatic rings. The molecule has 0 radical (unpaired) electrons. The maximum atomic E-state index is 12.3. The summed E-state index contributed by atoms with van der Waals surface area (Å²) in [7, 11) is 1.80. The van der Waals surface area contributed by atoms with Crippen molar-refractivity contribution in [3.8, 4) is 0 Å². The molecule has 0 spiro atoms. The zero-order chi connectivity index (χ0) is 12.6. The first-order valence-electron chi connectivity index (χ1n) is 5.25. The molecule has 0 saturated carbocycles. The van der Waals surface area contributed by atoms with Gasteiger partial charge >= 0.3 is 6.18 Å². The molecular weight excluding hydrogens is 229 g/mol. The number of fused-ring (bicyclic) bond motifs is 1. The Hall–Kier alpha value is -1.49. The van der Waals surface area contributed by atoms with E-state index in [1.165, 1.54) is 0 Å². The molecular formula is C12H13F3N2. The monoisotopic (exact) mass is 242 g/mol.